The van der Waals surface area contributed by atoms with Gasteiger partial charge in [-0.05, 0) is 62.4 Å². The second-order valence-corrected chi connectivity index (χ2v) is 10.8. The van der Waals surface area contributed by atoms with E-state index in [9.17, 15) is 14.4 Å². The van der Waals surface area contributed by atoms with Crippen LogP contribution < -0.4 is 15.4 Å². The van der Waals surface area contributed by atoms with Crippen molar-refractivity contribution in [3.63, 3.8) is 0 Å². The number of carbonyl (C=O) groups is 3. The number of nitrogens with zero attached hydrogens (tertiary/aromatic N) is 3. The van der Waals surface area contributed by atoms with Gasteiger partial charge in [-0.15, -0.1) is 0 Å². The maximum absolute atomic E-state index is 12.8. The van der Waals surface area contributed by atoms with Crippen LogP contribution >= 0.6 is 0 Å². The summed E-state index contributed by atoms with van der Waals surface area (Å²) >= 11 is 0. The van der Waals surface area contributed by atoms with Crippen LogP contribution in [0.4, 0.5) is 0 Å². The maximum atomic E-state index is 12.8. The zero-order valence-corrected chi connectivity index (χ0v) is 22.1. The SMILES string of the molecule is O=C1CCC(N2Cc3cc(OCCCCCCNCc4cnn(C5CCCCC5)c4)ccc3C2=O)C(=O)N1. The molecule has 5 rings (SSSR count). The Morgan fingerprint density at radius 2 is 1.87 bits per heavy atom. The minimum absolute atomic E-state index is 0.160. The number of aromatic nitrogens is 2. The van der Waals surface area contributed by atoms with E-state index >= 15 is 0 Å². The summed E-state index contributed by atoms with van der Waals surface area (Å²) in [6.45, 7) is 2.87. The molecule has 2 N–H and O–H groups in total. The monoisotopic (exact) mass is 521 g/mol. The van der Waals surface area contributed by atoms with E-state index in [2.05, 4.69) is 26.6 Å². The molecule has 0 radical (unpaired) electrons. The molecule has 9 heteroatoms. The van der Waals surface area contributed by atoms with Crippen LogP contribution in [0.5, 0.6) is 5.75 Å². The lowest BCUT2D eigenvalue weighted by Crippen LogP contribution is -2.52. The maximum Gasteiger partial charge on any atom is 0.255 e. The topological polar surface area (TPSA) is 106 Å². The van der Waals surface area contributed by atoms with E-state index in [0.29, 0.717) is 31.2 Å². The molecule has 1 saturated heterocycles. The highest BCUT2D eigenvalue weighted by Crippen LogP contribution is 2.30. The lowest BCUT2D eigenvalue weighted by atomic mass is 9.96. The minimum Gasteiger partial charge on any atom is -0.494 e. The molecule has 38 heavy (non-hydrogen) atoms. The van der Waals surface area contributed by atoms with Crippen molar-refractivity contribution in [2.24, 2.45) is 0 Å². The first kappa shape index (κ1) is 26.4. The van der Waals surface area contributed by atoms with Crippen molar-refractivity contribution in [3.05, 3.63) is 47.3 Å². The summed E-state index contributed by atoms with van der Waals surface area (Å²) < 4.78 is 8.11. The van der Waals surface area contributed by atoms with Crippen LogP contribution in [0.15, 0.2) is 30.6 Å². The van der Waals surface area contributed by atoms with Gasteiger partial charge in [-0.25, -0.2) is 0 Å². The van der Waals surface area contributed by atoms with E-state index in [1.165, 1.54) is 37.7 Å². The smallest absolute Gasteiger partial charge is 0.255 e. The van der Waals surface area contributed by atoms with Gasteiger partial charge in [-0.1, -0.05) is 32.1 Å². The highest BCUT2D eigenvalue weighted by atomic mass is 16.5. The van der Waals surface area contributed by atoms with E-state index in [4.69, 9.17) is 4.74 Å². The number of imide groups is 1. The number of carbonyl (C=O) groups excluding carboxylic acids is 3. The standard InChI is InChI=1S/C29H39N5O4/c35-27-13-12-26(28(36)32-27)33-20-22-16-24(10-11-25(22)29(33)37)38-15-7-2-1-6-14-30-17-21-18-31-34(19-21)23-8-4-3-5-9-23/h10-11,16,18-19,23,26,30H,1-9,12-15,17,20H2,(H,32,35,36). The fraction of sp³-hybridized carbons (Fsp3) is 0.586. The number of hydrogen-bond donors (Lipinski definition) is 2. The van der Waals surface area contributed by atoms with Crippen molar-refractivity contribution in [3.8, 4) is 5.75 Å². The van der Waals surface area contributed by atoms with Crippen molar-refractivity contribution >= 4 is 17.7 Å². The number of piperidine rings is 1. The molecule has 1 atom stereocenters. The number of benzene rings is 1. The lowest BCUT2D eigenvalue weighted by molar-refractivity contribution is -0.136. The highest BCUT2D eigenvalue weighted by molar-refractivity contribution is 6.05. The molecule has 0 spiro atoms. The first-order valence-corrected chi connectivity index (χ1v) is 14.2. The van der Waals surface area contributed by atoms with Gasteiger partial charge in [0.1, 0.15) is 11.8 Å². The second-order valence-electron chi connectivity index (χ2n) is 10.8. The fourth-order valence-electron chi connectivity index (χ4n) is 5.78. The number of unbranched alkanes of at least 4 members (excludes halogenated alkanes) is 3. The molecule has 9 nitrogen and oxygen atoms in total. The van der Waals surface area contributed by atoms with Gasteiger partial charge < -0.3 is 15.0 Å². The summed E-state index contributed by atoms with van der Waals surface area (Å²) in [5, 5.41) is 10.5. The average molecular weight is 522 g/mol. The van der Waals surface area contributed by atoms with Crippen LogP contribution in [-0.2, 0) is 22.7 Å². The summed E-state index contributed by atoms with van der Waals surface area (Å²) in [5.41, 5.74) is 2.74. The number of nitrogens with one attached hydrogen (secondary N) is 2. The van der Waals surface area contributed by atoms with Crippen molar-refractivity contribution in [1.82, 2.24) is 25.3 Å². The normalized spacial score (nSPS) is 20.1. The largest absolute Gasteiger partial charge is 0.494 e. The summed E-state index contributed by atoms with van der Waals surface area (Å²) in [4.78, 5) is 38.0. The Hall–Kier alpha value is -3.20. The molecular formula is C29H39N5O4. The number of ether oxygens (including phenoxy) is 1. The Morgan fingerprint density at radius 1 is 1.03 bits per heavy atom. The van der Waals surface area contributed by atoms with Crippen LogP contribution in [0, 0.1) is 0 Å². The molecule has 2 aliphatic heterocycles. The molecular weight excluding hydrogens is 482 g/mol. The van der Waals surface area contributed by atoms with Crippen molar-refractivity contribution in [2.75, 3.05) is 13.2 Å². The molecule has 2 fully saturated rings. The molecule has 2 aromatic rings. The Kier molecular flexibility index (Phi) is 8.73. The molecule has 0 bridgehead atoms. The van der Waals surface area contributed by atoms with Crippen LogP contribution in [0.3, 0.4) is 0 Å². The number of fused-ring (bicyclic) bond motifs is 1. The van der Waals surface area contributed by atoms with Crippen molar-refractivity contribution < 1.29 is 19.1 Å². The highest BCUT2D eigenvalue weighted by Gasteiger charge is 2.39. The summed E-state index contributed by atoms with van der Waals surface area (Å²) in [6, 6.07) is 5.51. The third kappa shape index (κ3) is 6.43. The summed E-state index contributed by atoms with van der Waals surface area (Å²) in [6.07, 6.45) is 15.7. The molecule has 1 aliphatic carbocycles. The quantitative estimate of drug-likeness (QED) is 0.324. The van der Waals surface area contributed by atoms with Gasteiger partial charge in [-0.3, -0.25) is 24.4 Å². The third-order valence-corrected chi connectivity index (χ3v) is 7.94. The predicted molar refractivity (Wildman–Crippen MR) is 143 cm³/mol. The summed E-state index contributed by atoms with van der Waals surface area (Å²) in [7, 11) is 0. The van der Waals surface area contributed by atoms with E-state index in [0.717, 1.165) is 50.1 Å². The minimum atomic E-state index is -0.592. The van der Waals surface area contributed by atoms with Crippen LogP contribution in [-0.4, -0.2) is 51.6 Å². The van der Waals surface area contributed by atoms with Gasteiger partial charge in [0.25, 0.3) is 5.91 Å². The van der Waals surface area contributed by atoms with Gasteiger partial charge >= 0.3 is 0 Å². The van der Waals surface area contributed by atoms with Crippen LogP contribution in [0.25, 0.3) is 0 Å². The van der Waals surface area contributed by atoms with Crippen LogP contribution in [0.2, 0.25) is 0 Å². The zero-order valence-electron chi connectivity index (χ0n) is 22.1. The van der Waals surface area contributed by atoms with Gasteiger partial charge in [0.05, 0.1) is 18.8 Å². The van der Waals surface area contributed by atoms with E-state index in [-0.39, 0.29) is 24.1 Å². The Balaban J connectivity index is 0.951. The Morgan fingerprint density at radius 3 is 2.71 bits per heavy atom. The van der Waals surface area contributed by atoms with E-state index < -0.39 is 6.04 Å². The Bertz CT molecular complexity index is 1140. The Labute approximate surface area is 224 Å². The number of rotatable bonds is 12. The van der Waals surface area contributed by atoms with E-state index in [1.807, 2.05) is 18.3 Å². The second kappa shape index (κ2) is 12.6. The van der Waals surface area contributed by atoms with Crippen molar-refractivity contribution in [2.45, 2.75) is 95.8 Å². The van der Waals surface area contributed by atoms with E-state index in [1.54, 1.807) is 11.0 Å². The van der Waals surface area contributed by atoms with Gasteiger partial charge in [0, 0.05) is 36.8 Å². The molecule has 1 aromatic carbocycles. The number of amides is 3. The molecule has 3 amide bonds. The first-order valence-electron chi connectivity index (χ1n) is 14.2. The molecule has 3 aliphatic rings. The van der Waals surface area contributed by atoms with Crippen molar-refractivity contribution in [1.29, 1.82) is 0 Å². The lowest BCUT2D eigenvalue weighted by Gasteiger charge is -2.29. The average Bonchev–Trinajstić information content (AvgIpc) is 3.53. The zero-order chi connectivity index (χ0) is 26.3. The van der Waals surface area contributed by atoms with Gasteiger partial charge in [-0.2, -0.15) is 5.10 Å². The predicted octanol–water partition coefficient (Wildman–Crippen LogP) is 3.88. The molecule has 1 unspecified atom stereocenters. The third-order valence-electron chi connectivity index (χ3n) is 7.94. The molecule has 3 heterocycles. The van der Waals surface area contributed by atoms with Gasteiger partial charge in [0.2, 0.25) is 11.8 Å². The fourth-order valence-corrected chi connectivity index (χ4v) is 5.78. The van der Waals surface area contributed by atoms with Crippen LogP contribution in [0.1, 0.15) is 98.2 Å². The van der Waals surface area contributed by atoms with Gasteiger partial charge in [0.15, 0.2) is 0 Å². The number of hydrogen-bond acceptors (Lipinski definition) is 6. The molecule has 1 aromatic heterocycles. The molecule has 204 valence electrons. The molecule has 1 saturated carbocycles. The first-order chi connectivity index (χ1) is 18.6. The summed E-state index contributed by atoms with van der Waals surface area (Å²) in [5.74, 6) is -0.0788.